The zero-order chi connectivity index (χ0) is 11.8. The largest absolute Gasteiger partial charge is 0.368 e. The highest BCUT2D eigenvalue weighted by molar-refractivity contribution is 6.29. The molecule has 4 nitrogen and oxygen atoms in total. The Labute approximate surface area is 106 Å². The van der Waals surface area contributed by atoms with Crippen molar-refractivity contribution < 1.29 is 0 Å². The minimum Gasteiger partial charge on any atom is -0.368 e. The molecule has 2 heterocycles. The number of hydrogen-bond acceptors (Lipinski definition) is 4. The van der Waals surface area contributed by atoms with Crippen molar-refractivity contribution in [2.45, 2.75) is 38.1 Å². The average Bonchev–Trinajstić information content (AvgIpc) is 2.75. The summed E-state index contributed by atoms with van der Waals surface area (Å²) in [6.45, 7) is 1.06. The maximum Gasteiger partial charge on any atom is 0.223 e. The van der Waals surface area contributed by atoms with E-state index in [-0.39, 0.29) is 5.95 Å². The van der Waals surface area contributed by atoms with Crippen molar-refractivity contribution in [2.75, 3.05) is 17.2 Å². The topological polar surface area (TPSA) is 55.0 Å². The first-order chi connectivity index (χ1) is 8.24. The van der Waals surface area contributed by atoms with Crippen molar-refractivity contribution in [3.63, 3.8) is 0 Å². The van der Waals surface area contributed by atoms with Gasteiger partial charge >= 0.3 is 0 Å². The Hall–Kier alpha value is -1.03. The van der Waals surface area contributed by atoms with Gasteiger partial charge in [-0.15, -0.1) is 0 Å². The van der Waals surface area contributed by atoms with Gasteiger partial charge < -0.3 is 10.6 Å². The number of fused-ring (bicyclic) bond motifs is 1. The molecule has 1 aliphatic heterocycles. The third-order valence-corrected chi connectivity index (χ3v) is 4.18. The van der Waals surface area contributed by atoms with Crippen LogP contribution in [-0.2, 0) is 0 Å². The van der Waals surface area contributed by atoms with E-state index in [4.69, 9.17) is 17.3 Å². The van der Waals surface area contributed by atoms with Crippen LogP contribution in [0.1, 0.15) is 32.1 Å². The van der Waals surface area contributed by atoms with Crippen molar-refractivity contribution in [2.24, 2.45) is 5.92 Å². The van der Waals surface area contributed by atoms with Crippen LogP contribution in [0, 0.1) is 5.92 Å². The molecule has 1 aromatic heterocycles. The number of rotatable bonds is 1. The van der Waals surface area contributed by atoms with Crippen LogP contribution >= 0.6 is 11.6 Å². The maximum atomic E-state index is 5.95. The Balaban J connectivity index is 1.91. The number of piperidine rings is 1. The van der Waals surface area contributed by atoms with E-state index < -0.39 is 0 Å². The van der Waals surface area contributed by atoms with Crippen LogP contribution in [0.2, 0.25) is 5.15 Å². The first kappa shape index (κ1) is 11.1. The van der Waals surface area contributed by atoms with Gasteiger partial charge in [0.25, 0.3) is 0 Å². The molecule has 2 fully saturated rings. The van der Waals surface area contributed by atoms with Crippen LogP contribution in [0.4, 0.5) is 11.8 Å². The number of hydrogen-bond donors (Lipinski definition) is 1. The summed E-state index contributed by atoms with van der Waals surface area (Å²) in [5, 5.41) is 0.438. The molecule has 0 amide bonds. The molecule has 2 unspecified atom stereocenters. The lowest BCUT2D eigenvalue weighted by Crippen LogP contribution is -2.43. The molecule has 1 aromatic rings. The summed E-state index contributed by atoms with van der Waals surface area (Å²) in [5.74, 6) is 2.01. The van der Waals surface area contributed by atoms with Gasteiger partial charge in [-0.1, -0.05) is 18.0 Å². The molecule has 5 heteroatoms. The van der Waals surface area contributed by atoms with Gasteiger partial charge in [0.2, 0.25) is 5.95 Å². The number of nitrogens with two attached hydrogens (primary N) is 1. The number of nitrogens with zero attached hydrogens (tertiary/aromatic N) is 3. The van der Waals surface area contributed by atoms with Crippen molar-refractivity contribution in [1.29, 1.82) is 0 Å². The number of nitrogen functional groups attached to an aromatic ring is 1. The first-order valence-corrected chi connectivity index (χ1v) is 6.68. The standard InChI is InChI=1S/C12H17ClN4/c13-10-7-11(16-12(14)15-10)17-6-2-4-8-3-1-5-9(8)17/h7-9H,1-6H2,(H2,14,15,16). The minimum atomic E-state index is 0.271. The quantitative estimate of drug-likeness (QED) is 0.781. The summed E-state index contributed by atoms with van der Waals surface area (Å²) >= 11 is 5.95. The van der Waals surface area contributed by atoms with Gasteiger partial charge in [0, 0.05) is 18.7 Å². The van der Waals surface area contributed by atoms with E-state index in [1.165, 1.54) is 32.1 Å². The van der Waals surface area contributed by atoms with Gasteiger partial charge in [-0.2, -0.15) is 4.98 Å². The summed E-state index contributed by atoms with van der Waals surface area (Å²) in [4.78, 5) is 10.6. The van der Waals surface area contributed by atoms with Gasteiger partial charge in [0.15, 0.2) is 0 Å². The molecule has 1 saturated heterocycles. The lowest BCUT2D eigenvalue weighted by atomic mass is 9.92. The Kier molecular flexibility index (Phi) is 2.82. The number of aromatic nitrogens is 2. The second kappa shape index (κ2) is 4.33. The lowest BCUT2D eigenvalue weighted by Gasteiger charge is -2.38. The van der Waals surface area contributed by atoms with Gasteiger partial charge in [0.1, 0.15) is 11.0 Å². The molecule has 0 bridgehead atoms. The summed E-state index contributed by atoms with van der Waals surface area (Å²) in [5.41, 5.74) is 5.67. The predicted octanol–water partition coefficient (Wildman–Crippen LogP) is 2.48. The van der Waals surface area contributed by atoms with Crippen molar-refractivity contribution in [3.05, 3.63) is 11.2 Å². The Morgan fingerprint density at radius 3 is 2.88 bits per heavy atom. The summed E-state index contributed by atoms with van der Waals surface area (Å²) in [6, 6.07) is 2.47. The molecular formula is C12H17ClN4. The zero-order valence-corrected chi connectivity index (χ0v) is 10.5. The van der Waals surface area contributed by atoms with E-state index >= 15 is 0 Å². The molecule has 1 saturated carbocycles. The third-order valence-electron chi connectivity index (χ3n) is 3.99. The second-order valence-electron chi connectivity index (χ2n) is 5.00. The third kappa shape index (κ3) is 2.06. The normalized spacial score (nSPS) is 28.2. The van der Waals surface area contributed by atoms with E-state index in [1.54, 1.807) is 0 Å². The van der Waals surface area contributed by atoms with Crippen molar-refractivity contribution >= 4 is 23.4 Å². The van der Waals surface area contributed by atoms with Crippen LogP contribution in [-0.4, -0.2) is 22.6 Å². The number of anilines is 2. The highest BCUT2D eigenvalue weighted by Gasteiger charge is 2.35. The van der Waals surface area contributed by atoms with E-state index in [9.17, 15) is 0 Å². The zero-order valence-electron chi connectivity index (χ0n) is 9.77. The van der Waals surface area contributed by atoms with E-state index in [2.05, 4.69) is 14.9 Å². The molecule has 2 atom stereocenters. The monoisotopic (exact) mass is 252 g/mol. The highest BCUT2D eigenvalue weighted by Crippen LogP contribution is 2.38. The molecule has 3 rings (SSSR count). The van der Waals surface area contributed by atoms with Crippen LogP contribution in [0.15, 0.2) is 6.07 Å². The van der Waals surface area contributed by atoms with Crippen molar-refractivity contribution in [3.8, 4) is 0 Å². The van der Waals surface area contributed by atoms with Gasteiger partial charge in [-0.3, -0.25) is 0 Å². The van der Waals surface area contributed by atoms with E-state index in [0.717, 1.165) is 18.3 Å². The first-order valence-electron chi connectivity index (χ1n) is 6.31. The Morgan fingerprint density at radius 1 is 1.24 bits per heavy atom. The van der Waals surface area contributed by atoms with Crippen LogP contribution in [0.5, 0.6) is 0 Å². The molecular weight excluding hydrogens is 236 g/mol. The van der Waals surface area contributed by atoms with Gasteiger partial charge in [-0.05, 0) is 31.6 Å². The Morgan fingerprint density at radius 2 is 2.06 bits per heavy atom. The summed E-state index contributed by atoms with van der Waals surface area (Å²) in [6.07, 6.45) is 6.56. The molecule has 2 N–H and O–H groups in total. The maximum absolute atomic E-state index is 5.95. The van der Waals surface area contributed by atoms with Crippen molar-refractivity contribution in [1.82, 2.24) is 9.97 Å². The fourth-order valence-electron chi connectivity index (χ4n) is 3.31. The molecule has 2 aliphatic rings. The second-order valence-corrected chi connectivity index (χ2v) is 5.39. The van der Waals surface area contributed by atoms with Crippen LogP contribution in [0.25, 0.3) is 0 Å². The molecule has 0 spiro atoms. The minimum absolute atomic E-state index is 0.271. The lowest BCUT2D eigenvalue weighted by molar-refractivity contribution is 0.360. The van der Waals surface area contributed by atoms with E-state index in [1.807, 2.05) is 6.07 Å². The molecule has 92 valence electrons. The van der Waals surface area contributed by atoms with Crippen LogP contribution < -0.4 is 10.6 Å². The van der Waals surface area contributed by atoms with Gasteiger partial charge in [-0.25, -0.2) is 4.98 Å². The van der Waals surface area contributed by atoms with Gasteiger partial charge in [0.05, 0.1) is 0 Å². The smallest absolute Gasteiger partial charge is 0.223 e. The molecule has 0 radical (unpaired) electrons. The fourth-order valence-corrected chi connectivity index (χ4v) is 3.49. The van der Waals surface area contributed by atoms with Crippen LogP contribution in [0.3, 0.4) is 0 Å². The fraction of sp³-hybridized carbons (Fsp3) is 0.667. The Bertz CT molecular complexity index is 403. The molecule has 1 aliphatic carbocycles. The molecule has 17 heavy (non-hydrogen) atoms. The van der Waals surface area contributed by atoms with E-state index in [0.29, 0.717) is 11.2 Å². The predicted molar refractivity (Wildman–Crippen MR) is 69.2 cm³/mol. The summed E-state index contributed by atoms with van der Waals surface area (Å²) in [7, 11) is 0. The number of halogens is 1. The SMILES string of the molecule is Nc1nc(Cl)cc(N2CCCC3CCCC32)n1. The highest BCUT2D eigenvalue weighted by atomic mass is 35.5. The average molecular weight is 253 g/mol. The summed E-state index contributed by atoms with van der Waals surface area (Å²) < 4.78 is 0. The molecule has 0 aromatic carbocycles.